The molecular formula is C24H27N3O2. The Kier molecular flexibility index (Phi) is 4.53. The summed E-state index contributed by atoms with van der Waals surface area (Å²) in [5.41, 5.74) is 3.33. The average molecular weight is 389 g/mol. The Hall–Kier alpha value is -2.82. The summed E-state index contributed by atoms with van der Waals surface area (Å²) in [5.74, 6) is 2.01. The molecule has 29 heavy (non-hydrogen) atoms. The molecule has 5 heteroatoms. The van der Waals surface area contributed by atoms with Gasteiger partial charge in [0.15, 0.2) is 0 Å². The number of amides is 1. The van der Waals surface area contributed by atoms with E-state index in [2.05, 4.69) is 52.4 Å². The minimum Gasteiger partial charge on any atom is -0.492 e. The van der Waals surface area contributed by atoms with Crippen molar-refractivity contribution in [1.29, 1.82) is 0 Å². The number of rotatable bonds is 7. The third-order valence-electron chi connectivity index (χ3n) is 6.21. The fourth-order valence-electron chi connectivity index (χ4n) is 3.99. The first kappa shape index (κ1) is 18.2. The summed E-state index contributed by atoms with van der Waals surface area (Å²) in [6.45, 7) is 2.77. The molecule has 2 aromatic heterocycles. The van der Waals surface area contributed by atoms with E-state index >= 15 is 0 Å². The minimum absolute atomic E-state index is 0.0521. The van der Waals surface area contributed by atoms with E-state index in [0.29, 0.717) is 5.92 Å². The Balaban J connectivity index is 1.18. The second kappa shape index (κ2) is 7.21. The molecule has 0 saturated heterocycles. The first-order chi connectivity index (χ1) is 14.1. The van der Waals surface area contributed by atoms with Crippen LogP contribution < -0.4 is 10.1 Å². The smallest absolute Gasteiger partial charge is 0.224 e. The normalized spacial score (nSPS) is 21.7. The van der Waals surface area contributed by atoms with Crippen LogP contribution in [-0.2, 0) is 11.8 Å². The first-order valence-corrected chi connectivity index (χ1v) is 10.5. The summed E-state index contributed by atoms with van der Waals surface area (Å²) in [6.07, 6.45) is 7.29. The van der Waals surface area contributed by atoms with Gasteiger partial charge in [-0.05, 0) is 73.2 Å². The maximum atomic E-state index is 12.7. The number of hydrogen-bond donors (Lipinski definition) is 1. The van der Waals surface area contributed by atoms with Crippen molar-refractivity contribution in [2.45, 2.75) is 38.1 Å². The van der Waals surface area contributed by atoms with Gasteiger partial charge in [-0.25, -0.2) is 0 Å². The van der Waals surface area contributed by atoms with Gasteiger partial charge in [0, 0.05) is 24.7 Å². The zero-order chi connectivity index (χ0) is 20.0. The molecular weight excluding hydrogens is 362 g/mol. The molecule has 2 aliphatic rings. The quantitative estimate of drug-likeness (QED) is 0.654. The van der Waals surface area contributed by atoms with Crippen molar-refractivity contribution in [3.8, 4) is 5.75 Å². The highest BCUT2D eigenvalue weighted by molar-refractivity contribution is 5.85. The molecule has 0 bridgehead atoms. The summed E-state index contributed by atoms with van der Waals surface area (Å²) in [6, 6.07) is 12.4. The summed E-state index contributed by atoms with van der Waals surface area (Å²) in [4.78, 5) is 17.2. The monoisotopic (exact) mass is 389 g/mol. The predicted octanol–water partition coefficient (Wildman–Crippen LogP) is 4.34. The maximum absolute atomic E-state index is 12.7. The van der Waals surface area contributed by atoms with E-state index in [0.717, 1.165) is 30.4 Å². The predicted molar refractivity (Wildman–Crippen MR) is 113 cm³/mol. The second-order valence-electron chi connectivity index (χ2n) is 8.60. The number of carbonyl (C=O) groups excluding carboxylic acids is 1. The Bertz CT molecular complexity index is 1040. The summed E-state index contributed by atoms with van der Waals surface area (Å²) < 4.78 is 7.87. The van der Waals surface area contributed by atoms with E-state index in [1.54, 1.807) is 6.20 Å². The van der Waals surface area contributed by atoms with Crippen molar-refractivity contribution in [2.75, 3.05) is 6.61 Å². The Morgan fingerprint density at radius 3 is 2.90 bits per heavy atom. The van der Waals surface area contributed by atoms with Crippen molar-refractivity contribution in [3.05, 3.63) is 60.0 Å². The standard InChI is InChI=1S/C24H27N3O2/c1-15(22-8-7-19(13-25-22)29-14-16-3-4-16)26-24(28)21-12-20(21)18-6-5-17-9-10-27(2)23(17)11-18/h5-11,13,15-16,20-21H,3-4,12,14H2,1-2H3,(H,26,28)/t15-,20+,21-/m1/s1. The van der Waals surface area contributed by atoms with Crippen LogP contribution in [0.1, 0.15) is 49.4 Å². The number of carbonyl (C=O) groups is 1. The van der Waals surface area contributed by atoms with Gasteiger partial charge in [-0.3, -0.25) is 9.78 Å². The van der Waals surface area contributed by atoms with Crippen molar-refractivity contribution < 1.29 is 9.53 Å². The van der Waals surface area contributed by atoms with E-state index in [9.17, 15) is 4.79 Å². The minimum atomic E-state index is -0.114. The largest absolute Gasteiger partial charge is 0.492 e. The van der Waals surface area contributed by atoms with Crippen molar-refractivity contribution >= 4 is 16.8 Å². The zero-order valence-electron chi connectivity index (χ0n) is 17.0. The van der Waals surface area contributed by atoms with Gasteiger partial charge in [0.2, 0.25) is 5.91 Å². The topological polar surface area (TPSA) is 56.2 Å². The van der Waals surface area contributed by atoms with Gasteiger partial charge in [0.05, 0.1) is 24.5 Å². The molecule has 2 fully saturated rings. The lowest BCUT2D eigenvalue weighted by atomic mass is 10.1. The van der Waals surface area contributed by atoms with Gasteiger partial charge >= 0.3 is 0 Å². The third-order valence-corrected chi connectivity index (χ3v) is 6.21. The summed E-state index contributed by atoms with van der Waals surface area (Å²) in [7, 11) is 2.06. The molecule has 0 aliphatic heterocycles. The number of aromatic nitrogens is 2. The number of aryl methyl sites for hydroxylation is 1. The molecule has 0 radical (unpaired) electrons. The van der Waals surface area contributed by atoms with E-state index in [1.165, 1.54) is 29.3 Å². The van der Waals surface area contributed by atoms with Gasteiger partial charge in [-0.2, -0.15) is 0 Å². The van der Waals surface area contributed by atoms with Crippen LogP contribution in [0.2, 0.25) is 0 Å². The summed E-state index contributed by atoms with van der Waals surface area (Å²) >= 11 is 0. The van der Waals surface area contributed by atoms with Crippen LogP contribution in [0.5, 0.6) is 5.75 Å². The van der Waals surface area contributed by atoms with Gasteiger partial charge in [0.25, 0.3) is 0 Å². The third kappa shape index (κ3) is 3.86. The molecule has 2 heterocycles. The molecule has 5 nitrogen and oxygen atoms in total. The van der Waals surface area contributed by atoms with Crippen molar-refractivity contribution in [1.82, 2.24) is 14.9 Å². The number of nitrogens with one attached hydrogen (secondary N) is 1. The van der Waals surface area contributed by atoms with E-state index in [4.69, 9.17) is 4.74 Å². The maximum Gasteiger partial charge on any atom is 0.224 e. The van der Waals surface area contributed by atoms with Crippen LogP contribution in [-0.4, -0.2) is 22.1 Å². The average Bonchev–Trinajstić information content (AvgIpc) is 3.65. The lowest BCUT2D eigenvalue weighted by molar-refractivity contribution is -0.123. The number of nitrogens with zero attached hydrogens (tertiary/aromatic N) is 2. The van der Waals surface area contributed by atoms with Crippen LogP contribution in [0.25, 0.3) is 10.9 Å². The highest BCUT2D eigenvalue weighted by Crippen LogP contribution is 2.48. The molecule has 2 saturated carbocycles. The van der Waals surface area contributed by atoms with Gasteiger partial charge in [-0.1, -0.05) is 12.1 Å². The zero-order valence-corrected chi connectivity index (χ0v) is 17.0. The number of fused-ring (bicyclic) bond motifs is 1. The first-order valence-electron chi connectivity index (χ1n) is 10.5. The number of ether oxygens (including phenoxy) is 1. The molecule has 0 spiro atoms. The van der Waals surface area contributed by atoms with E-state index < -0.39 is 0 Å². The summed E-state index contributed by atoms with van der Waals surface area (Å²) in [5, 5.41) is 4.37. The molecule has 0 unspecified atom stereocenters. The number of hydrogen-bond acceptors (Lipinski definition) is 3. The Labute approximate surface area is 171 Å². The fraction of sp³-hybridized carbons (Fsp3) is 0.417. The van der Waals surface area contributed by atoms with Crippen LogP contribution in [0.15, 0.2) is 48.8 Å². The van der Waals surface area contributed by atoms with Gasteiger partial charge < -0.3 is 14.6 Å². The molecule has 5 rings (SSSR count). The van der Waals surface area contributed by atoms with Crippen LogP contribution in [0.3, 0.4) is 0 Å². The van der Waals surface area contributed by atoms with E-state index in [1.807, 2.05) is 19.1 Å². The Morgan fingerprint density at radius 2 is 2.14 bits per heavy atom. The van der Waals surface area contributed by atoms with Gasteiger partial charge in [0.1, 0.15) is 5.75 Å². The molecule has 2 aliphatic carbocycles. The lowest BCUT2D eigenvalue weighted by Crippen LogP contribution is -2.28. The molecule has 3 aromatic rings. The number of pyridine rings is 1. The van der Waals surface area contributed by atoms with E-state index in [-0.39, 0.29) is 17.9 Å². The van der Waals surface area contributed by atoms with Crippen molar-refractivity contribution in [3.63, 3.8) is 0 Å². The highest BCUT2D eigenvalue weighted by atomic mass is 16.5. The lowest BCUT2D eigenvalue weighted by Gasteiger charge is -2.14. The highest BCUT2D eigenvalue weighted by Gasteiger charge is 2.44. The van der Waals surface area contributed by atoms with Crippen LogP contribution in [0, 0.1) is 11.8 Å². The van der Waals surface area contributed by atoms with Crippen LogP contribution in [0.4, 0.5) is 0 Å². The molecule has 150 valence electrons. The molecule has 1 amide bonds. The molecule has 1 N–H and O–H groups in total. The SMILES string of the molecule is C[C@@H](NC(=O)[C@@H]1C[C@H]1c1ccc2ccn(C)c2c1)c1ccc(OCC2CC2)cn1. The second-order valence-corrected chi connectivity index (χ2v) is 8.60. The van der Waals surface area contributed by atoms with Crippen LogP contribution >= 0.6 is 0 Å². The van der Waals surface area contributed by atoms with Crippen molar-refractivity contribution in [2.24, 2.45) is 18.9 Å². The van der Waals surface area contributed by atoms with Gasteiger partial charge in [-0.15, -0.1) is 0 Å². The number of benzene rings is 1. The Morgan fingerprint density at radius 1 is 1.28 bits per heavy atom. The molecule has 3 atom stereocenters. The molecule has 1 aromatic carbocycles. The fourth-order valence-corrected chi connectivity index (χ4v) is 3.99.